The molecule has 2 N–H and O–H groups in total. The van der Waals surface area contributed by atoms with Crippen molar-refractivity contribution in [1.29, 1.82) is 0 Å². The summed E-state index contributed by atoms with van der Waals surface area (Å²) in [5, 5.41) is 16.5. The van der Waals surface area contributed by atoms with E-state index in [9.17, 15) is 5.11 Å². The van der Waals surface area contributed by atoms with E-state index in [1.165, 1.54) is 15.5 Å². The Bertz CT molecular complexity index is 964. The third kappa shape index (κ3) is 3.62. The van der Waals surface area contributed by atoms with Crippen LogP contribution in [0.1, 0.15) is 17.8 Å². The predicted octanol–water partition coefficient (Wildman–Crippen LogP) is 4.98. The highest BCUT2D eigenvalue weighted by Gasteiger charge is 2.19. The normalized spacial score (nSPS) is 17.2. The maximum atomic E-state index is 9.66. The van der Waals surface area contributed by atoms with Crippen LogP contribution in [0.15, 0.2) is 57.6 Å². The van der Waals surface area contributed by atoms with Crippen LogP contribution < -0.4 is 5.32 Å². The van der Waals surface area contributed by atoms with Gasteiger partial charge >= 0.3 is 0 Å². The number of fused-ring (bicyclic) bond motifs is 2. The largest absolute Gasteiger partial charge is 0.393 e. The van der Waals surface area contributed by atoms with E-state index < -0.39 is 0 Å². The first-order chi connectivity index (χ1) is 13.2. The van der Waals surface area contributed by atoms with E-state index >= 15 is 0 Å². The summed E-state index contributed by atoms with van der Waals surface area (Å²) in [7, 11) is 0. The topological polar surface area (TPSA) is 48.4 Å². The molecule has 6 heteroatoms. The molecule has 0 saturated carbocycles. The number of hydrogen-bond donors (Lipinski definition) is 2. The van der Waals surface area contributed by atoms with Crippen molar-refractivity contribution in [3.8, 4) is 11.3 Å². The molecule has 0 spiro atoms. The summed E-state index contributed by atoms with van der Waals surface area (Å²) in [4.78, 5) is 9.77. The predicted molar refractivity (Wildman–Crippen MR) is 112 cm³/mol. The molecule has 0 amide bonds. The molecule has 0 aliphatic carbocycles. The third-order valence-corrected chi connectivity index (χ3v) is 7.10. The van der Waals surface area contributed by atoms with Gasteiger partial charge in [-0.15, -0.1) is 11.3 Å². The zero-order chi connectivity index (χ0) is 18.2. The summed E-state index contributed by atoms with van der Waals surface area (Å²) in [5.74, 6) is 0. The second-order valence-corrected chi connectivity index (χ2v) is 9.09. The molecule has 1 fully saturated rings. The number of hydrogen-bond acceptors (Lipinski definition) is 6. The van der Waals surface area contributed by atoms with E-state index in [1.807, 2.05) is 11.8 Å². The van der Waals surface area contributed by atoms with Crippen molar-refractivity contribution < 1.29 is 5.11 Å². The van der Waals surface area contributed by atoms with Gasteiger partial charge in [0.25, 0.3) is 0 Å². The number of benzene rings is 2. The Morgan fingerprint density at radius 3 is 2.78 bits per heavy atom. The van der Waals surface area contributed by atoms with Crippen molar-refractivity contribution in [2.45, 2.75) is 35.3 Å². The van der Waals surface area contributed by atoms with Gasteiger partial charge in [-0.3, -0.25) is 4.90 Å². The molecule has 5 rings (SSSR count). The number of nitrogens with one attached hydrogen (secondary N) is 1. The van der Waals surface area contributed by atoms with Gasteiger partial charge in [-0.05, 0) is 37.1 Å². The van der Waals surface area contributed by atoms with Gasteiger partial charge in [0.05, 0.1) is 29.7 Å². The SMILES string of the molecule is OC1CCN(Cc2nc(-c3ccc4c(c3)Nc3ccccc3S4)cs2)CC1. The molecule has 2 aliphatic rings. The molecule has 0 bridgehead atoms. The lowest BCUT2D eigenvalue weighted by Gasteiger charge is -2.28. The van der Waals surface area contributed by atoms with Crippen molar-refractivity contribution in [3.05, 3.63) is 52.9 Å². The standard InChI is InChI=1S/C21H21N3OS2/c25-15-7-9-24(10-8-15)12-21-23-18(13-26-21)14-5-6-20-17(11-14)22-16-3-1-2-4-19(16)27-20/h1-6,11,13,15,22,25H,7-10,12H2. The van der Waals surface area contributed by atoms with Crippen molar-refractivity contribution in [2.75, 3.05) is 18.4 Å². The Hall–Kier alpha value is -1.86. The monoisotopic (exact) mass is 395 g/mol. The van der Waals surface area contributed by atoms with Crippen LogP contribution in [0.25, 0.3) is 11.3 Å². The van der Waals surface area contributed by atoms with E-state index in [1.54, 1.807) is 11.3 Å². The second-order valence-electron chi connectivity index (χ2n) is 7.07. The van der Waals surface area contributed by atoms with Gasteiger partial charge in [-0.2, -0.15) is 0 Å². The molecule has 138 valence electrons. The molecular formula is C21H21N3OS2. The van der Waals surface area contributed by atoms with Crippen LogP contribution in [0.4, 0.5) is 11.4 Å². The molecule has 0 atom stereocenters. The number of piperidine rings is 1. The summed E-state index contributed by atoms with van der Waals surface area (Å²) >= 11 is 3.53. The highest BCUT2D eigenvalue weighted by molar-refractivity contribution is 7.99. The van der Waals surface area contributed by atoms with E-state index in [0.29, 0.717) is 0 Å². The van der Waals surface area contributed by atoms with Crippen LogP contribution in [0.5, 0.6) is 0 Å². The van der Waals surface area contributed by atoms with Crippen LogP contribution in [0.3, 0.4) is 0 Å². The minimum atomic E-state index is -0.126. The van der Waals surface area contributed by atoms with E-state index in [2.05, 4.69) is 58.1 Å². The van der Waals surface area contributed by atoms with Gasteiger partial charge in [-0.25, -0.2) is 4.98 Å². The molecule has 2 aromatic carbocycles. The molecule has 4 nitrogen and oxygen atoms in total. The van der Waals surface area contributed by atoms with Crippen LogP contribution in [-0.4, -0.2) is 34.2 Å². The molecule has 0 radical (unpaired) electrons. The van der Waals surface area contributed by atoms with Crippen LogP contribution in [0, 0.1) is 0 Å². The number of aliphatic hydroxyl groups is 1. The number of aromatic nitrogens is 1. The molecule has 0 unspecified atom stereocenters. The van der Waals surface area contributed by atoms with Gasteiger partial charge in [-0.1, -0.05) is 30.0 Å². The second kappa shape index (κ2) is 7.28. The van der Waals surface area contributed by atoms with Gasteiger partial charge in [0.15, 0.2) is 0 Å². The number of likely N-dealkylation sites (tertiary alicyclic amines) is 1. The van der Waals surface area contributed by atoms with Gasteiger partial charge in [0.2, 0.25) is 0 Å². The number of thiazole rings is 1. The highest BCUT2D eigenvalue weighted by Crippen LogP contribution is 2.45. The van der Waals surface area contributed by atoms with Crippen molar-refractivity contribution >= 4 is 34.5 Å². The molecule has 2 aliphatic heterocycles. The van der Waals surface area contributed by atoms with Crippen LogP contribution in [0.2, 0.25) is 0 Å². The van der Waals surface area contributed by atoms with Crippen molar-refractivity contribution in [2.24, 2.45) is 0 Å². The Labute approximate surface area is 167 Å². The molecule has 1 saturated heterocycles. The summed E-state index contributed by atoms with van der Waals surface area (Å²) in [5.41, 5.74) is 4.51. The zero-order valence-electron chi connectivity index (χ0n) is 14.9. The Morgan fingerprint density at radius 2 is 1.89 bits per heavy atom. The van der Waals surface area contributed by atoms with Gasteiger partial charge in [0.1, 0.15) is 5.01 Å². The third-order valence-electron chi connectivity index (χ3n) is 5.12. The average molecular weight is 396 g/mol. The number of para-hydroxylation sites is 1. The smallest absolute Gasteiger partial charge is 0.107 e. The first-order valence-electron chi connectivity index (χ1n) is 9.28. The highest BCUT2D eigenvalue weighted by atomic mass is 32.2. The van der Waals surface area contributed by atoms with Crippen molar-refractivity contribution in [1.82, 2.24) is 9.88 Å². The fourth-order valence-electron chi connectivity index (χ4n) is 3.58. The van der Waals surface area contributed by atoms with Gasteiger partial charge in [0, 0.05) is 33.8 Å². The van der Waals surface area contributed by atoms with Gasteiger partial charge < -0.3 is 10.4 Å². The average Bonchev–Trinajstić information content (AvgIpc) is 3.16. The molecule has 1 aromatic heterocycles. The molecule has 27 heavy (non-hydrogen) atoms. The first kappa shape index (κ1) is 17.3. The van der Waals surface area contributed by atoms with E-state index in [4.69, 9.17) is 4.98 Å². The van der Waals surface area contributed by atoms with Crippen molar-refractivity contribution in [3.63, 3.8) is 0 Å². The maximum Gasteiger partial charge on any atom is 0.107 e. The molecule has 3 heterocycles. The minimum absolute atomic E-state index is 0.126. The van der Waals surface area contributed by atoms with Crippen LogP contribution in [-0.2, 0) is 6.54 Å². The Balaban J connectivity index is 1.34. The maximum absolute atomic E-state index is 9.66. The fraction of sp³-hybridized carbons (Fsp3) is 0.286. The summed E-state index contributed by atoms with van der Waals surface area (Å²) in [6, 6.07) is 15.0. The summed E-state index contributed by atoms with van der Waals surface area (Å²) < 4.78 is 0. The Morgan fingerprint density at radius 1 is 1.07 bits per heavy atom. The lowest BCUT2D eigenvalue weighted by atomic mass is 10.1. The van der Waals surface area contributed by atoms with E-state index in [0.717, 1.165) is 54.4 Å². The summed E-state index contributed by atoms with van der Waals surface area (Å²) in [6.45, 7) is 2.79. The minimum Gasteiger partial charge on any atom is -0.393 e. The first-order valence-corrected chi connectivity index (χ1v) is 11.0. The lowest BCUT2D eigenvalue weighted by Crippen LogP contribution is -2.35. The number of aliphatic hydroxyl groups excluding tert-OH is 1. The van der Waals surface area contributed by atoms with E-state index in [-0.39, 0.29) is 6.10 Å². The lowest BCUT2D eigenvalue weighted by molar-refractivity contribution is 0.0792. The fourth-order valence-corrected chi connectivity index (χ4v) is 5.40. The summed E-state index contributed by atoms with van der Waals surface area (Å²) in [6.07, 6.45) is 1.61. The number of anilines is 2. The quantitative estimate of drug-likeness (QED) is 0.513. The molecular weight excluding hydrogens is 374 g/mol. The number of nitrogens with zero attached hydrogens (tertiary/aromatic N) is 2. The number of rotatable bonds is 3. The Kier molecular flexibility index (Phi) is 4.65. The zero-order valence-corrected chi connectivity index (χ0v) is 16.5. The molecule has 3 aromatic rings. The van der Waals surface area contributed by atoms with Crippen LogP contribution >= 0.6 is 23.1 Å².